The van der Waals surface area contributed by atoms with E-state index in [9.17, 15) is 14.7 Å². The maximum Gasteiger partial charge on any atom is 0.413 e. The minimum absolute atomic E-state index is 0.101. The highest BCUT2D eigenvalue weighted by Gasteiger charge is 2.60. The molecule has 1 fully saturated rings. The van der Waals surface area contributed by atoms with Crippen LogP contribution >= 0.6 is 0 Å². The number of pyridine rings is 1. The molecule has 1 heterocycles. The molecule has 2 atom stereocenters. The highest BCUT2D eigenvalue weighted by atomic mass is 16.6. The molecular formula is C16H22N2O4. The number of hydrogen-bond donors (Lipinski definition) is 2. The molecule has 1 saturated carbocycles. The Balaban J connectivity index is 2.09. The quantitative estimate of drug-likeness (QED) is 0.890. The van der Waals surface area contributed by atoms with E-state index >= 15 is 0 Å². The first-order chi connectivity index (χ1) is 10.2. The van der Waals surface area contributed by atoms with E-state index in [2.05, 4.69) is 10.3 Å². The Hall–Kier alpha value is -2.11. The zero-order chi connectivity index (χ0) is 16.5. The van der Waals surface area contributed by atoms with Crippen LogP contribution < -0.4 is 5.32 Å². The Morgan fingerprint density at radius 3 is 2.64 bits per heavy atom. The number of nitrogens with one attached hydrogen (secondary N) is 1. The minimum Gasteiger partial charge on any atom is -0.481 e. The molecule has 1 amide bonds. The highest BCUT2D eigenvalue weighted by molar-refractivity contribution is 5.84. The van der Waals surface area contributed by atoms with Gasteiger partial charge >= 0.3 is 12.1 Å². The van der Waals surface area contributed by atoms with Crippen LogP contribution in [0, 0.1) is 5.41 Å². The number of amides is 1. The molecule has 0 saturated heterocycles. The van der Waals surface area contributed by atoms with Gasteiger partial charge in [0.15, 0.2) is 0 Å². The molecule has 1 aliphatic carbocycles. The summed E-state index contributed by atoms with van der Waals surface area (Å²) in [4.78, 5) is 27.5. The zero-order valence-corrected chi connectivity index (χ0v) is 13.3. The molecule has 120 valence electrons. The van der Waals surface area contributed by atoms with E-state index in [1.54, 1.807) is 39.0 Å². The Morgan fingerprint density at radius 1 is 1.45 bits per heavy atom. The number of rotatable bonds is 4. The van der Waals surface area contributed by atoms with Gasteiger partial charge in [-0.3, -0.25) is 10.1 Å². The molecule has 2 rings (SSSR count). The second-order valence-corrected chi connectivity index (χ2v) is 6.65. The van der Waals surface area contributed by atoms with Crippen LogP contribution in [0.15, 0.2) is 18.2 Å². The number of carbonyl (C=O) groups is 2. The maximum atomic E-state index is 11.7. The summed E-state index contributed by atoms with van der Waals surface area (Å²) >= 11 is 0. The third-order valence-electron chi connectivity index (χ3n) is 3.89. The second kappa shape index (κ2) is 5.59. The monoisotopic (exact) mass is 306 g/mol. The molecule has 6 nitrogen and oxygen atoms in total. The second-order valence-electron chi connectivity index (χ2n) is 6.65. The van der Waals surface area contributed by atoms with Crippen LogP contribution in [0.5, 0.6) is 0 Å². The Bertz CT molecular complexity index is 594. The molecule has 1 aromatic rings. The van der Waals surface area contributed by atoms with Gasteiger partial charge in [-0.05, 0) is 45.7 Å². The van der Waals surface area contributed by atoms with Crippen molar-refractivity contribution in [2.75, 3.05) is 5.32 Å². The molecule has 2 unspecified atom stereocenters. The number of hydrogen-bond acceptors (Lipinski definition) is 4. The topological polar surface area (TPSA) is 88.5 Å². The van der Waals surface area contributed by atoms with Gasteiger partial charge in [-0.1, -0.05) is 13.0 Å². The van der Waals surface area contributed by atoms with Crippen LogP contribution in [0.4, 0.5) is 10.6 Å². The lowest BCUT2D eigenvalue weighted by molar-refractivity contribution is -0.143. The van der Waals surface area contributed by atoms with Gasteiger partial charge in [-0.25, -0.2) is 9.78 Å². The van der Waals surface area contributed by atoms with Crippen molar-refractivity contribution in [1.29, 1.82) is 0 Å². The lowest BCUT2D eigenvalue weighted by atomic mass is 9.99. The first kappa shape index (κ1) is 16.3. The van der Waals surface area contributed by atoms with Crippen molar-refractivity contribution in [1.82, 2.24) is 4.98 Å². The van der Waals surface area contributed by atoms with Crippen molar-refractivity contribution in [2.45, 2.75) is 52.1 Å². The third kappa shape index (κ3) is 3.37. The molecule has 0 radical (unpaired) electrons. The van der Waals surface area contributed by atoms with E-state index in [4.69, 9.17) is 4.74 Å². The number of carboxylic acid groups (broad SMARTS) is 1. The fourth-order valence-electron chi connectivity index (χ4n) is 2.59. The van der Waals surface area contributed by atoms with E-state index in [-0.39, 0.29) is 5.92 Å². The summed E-state index contributed by atoms with van der Waals surface area (Å²) in [7, 11) is 0. The normalized spacial score (nSPS) is 23.7. The Kier molecular flexibility index (Phi) is 4.13. The van der Waals surface area contributed by atoms with Gasteiger partial charge in [0.1, 0.15) is 11.4 Å². The van der Waals surface area contributed by atoms with Crippen molar-refractivity contribution in [3.05, 3.63) is 23.9 Å². The molecule has 0 aliphatic heterocycles. The smallest absolute Gasteiger partial charge is 0.413 e. The molecule has 0 aromatic carbocycles. The molecule has 1 aliphatic rings. The summed E-state index contributed by atoms with van der Waals surface area (Å²) in [5.74, 6) is -0.517. The summed E-state index contributed by atoms with van der Waals surface area (Å²) in [5.41, 5.74) is -0.603. The van der Waals surface area contributed by atoms with Crippen LogP contribution in [0.25, 0.3) is 0 Å². The number of anilines is 1. The minimum atomic E-state index is -0.785. The predicted molar refractivity (Wildman–Crippen MR) is 81.8 cm³/mol. The number of aliphatic carboxylic acids is 1. The first-order valence-electron chi connectivity index (χ1n) is 7.38. The van der Waals surface area contributed by atoms with Gasteiger partial charge < -0.3 is 9.84 Å². The summed E-state index contributed by atoms with van der Waals surface area (Å²) in [6.07, 6.45) is 0.577. The fourth-order valence-corrected chi connectivity index (χ4v) is 2.59. The number of aromatic nitrogens is 1. The molecule has 1 aromatic heterocycles. The Morgan fingerprint density at radius 2 is 2.14 bits per heavy atom. The van der Waals surface area contributed by atoms with Crippen molar-refractivity contribution in [2.24, 2.45) is 5.41 Å². The van der Waals surface area contributed by atoms with Crippen LogP contribution in [0.2, 0.25) is 0 Å². The van der Waals surface area contributed by atoms with Crippen LogP contribution in [0.1, 0.15) is 52.1 Å². The van der Waals surface area contributed by atoms with E-state index in [0.29, 0.717) is 24.4 Å². The van der Waals surface area contributed by atoms with Gasteiger partial charge in [0, 0.05) is 11.6 Å². The zero-order valence-electron chi connectivity index (χ0n) is 13.3. The molecule has 6 heteroatoms. The standard InChI is InChI=1S/C16H22N2O4/c1-5-16(13(19)20)9-10(16)11-7-6-8-12(17-11)18-14(21)22-15(2,3)4/h6-8,10H,5,9H2,1-4H3,(H,19,20)(H,17,18,21). The molecular weight excluding hydrogens is 284 g/mol. The van der Waals surface area contributed by atoms with Gasteiger partial charge in [0.2, 0.25) is 0 Å². The highest BCUT2D eigenvalue weighted by Crippen LogP contribution is 2.61. The predicted octanol–water partition coefficient (Wildman–Crippen LogP) is 3.40. The van der Waals surface area contributed by atoms with Gasteiger partial charge in [0.05, 0.1) is 5.41 Å². The molecule has 0 spiro atoms. The number of carbonyl (C=O) groups excluding carboxylic acids is 1. The summed E-state index contributed by atoms with van der Waals surface area (Å²) in [6, 6.07) is 5.21. The summed E-state index contributed by atoms with van der Waals surface area (Å²) in [6.45, 7) is 7.21. The lowest BCUT2D eigenvalue weighted by Gasteiger charge is -2.19. The van der Waals surface area contributed by atoms with E-state index in [0.717, 1.165) is 0 Å². The van der Waals surface area contributed by atoms with Gasteiger partial charge in [-0.15, -0.1) is 0 Å². The number of ether oxygens (including phenoxy) is 1. The van der Waals surface area contributed by atoms with Crippen LogP contribution in [-0.2, 0) is 9.53 Å². The van der Waals surface area contributed by atoms with Crippen LogP contribution in [0.3, 0.4) is 0 Å². The average molecular weight is 306 g/mol. The fraction of sp³-hybridized carbons (Fsp3) is 0.562. The maximum absolute atomic E-state index is 11.7. The Labute approximate surface area is 129 Å². The summed E-state index contributed by atoms with van der Waals surface area (Å²) < 4.78 is 5.17. The van der Waals surface area contributed by atoms with Gasteiger partial charge in [-0.2, -0.15) is 0 Å². The largest absolute Gasteiger partial charge is 0.481 e. The lowest BCUT2D eigenvalue weighted by Crippen LogP contribution is -2.27. The SMILES string of the molecule is CCC1(C(=O)O)CC1c1cccc(NC(=O)OC(C)(C)C)n1. The van der Waals surface area contributed by atoms with E-state index < -0.39 is 23.1 Å². The van der Waals surface area contributed by atoms with Gasteiger partial charge in [0.25, 0.3) is 0 Å². The van der Waals surface area contributed by atoms with Crippen molar-refractivity contribution >= 4 is 17.9 Å². The van der Waals surface area contributed by atoms with Crippen LogP contribution in [-0.4, -0.2) is 27.8 Å². The van der Waals surface area contributed by atoms with Crippen molar-refractivity contribution < 1.29 is 19.4 Å². The average Bonchev–Trinajstić information content (AvgIpc) is 3.12. The van der Waals surface area contributed by atoms with E-state index in [1.807, 2.05) is 6.92 Å². The third-order valence-corrected chi connectivity index (χ3v) is 3.89. The van der Waals surface area contributed by atoms with E-state index in [1.165, 1.54) is 0 Å². The number of nitrogens with zero attached hydrogens (tertiary/aromatic N) is 1. The summed E-state index contributed by atoms with van der Waals surface area (Å²) in [5, 5.41) is 11.9. The first-order valence-corrected chi connectivity index (χ1v) is 7.38. The molecule has 22 heavy (non-hydrogen) atoms. The number of carboxylic acids is 1. The van der Waals surface area contributed by atoms with Crippen molar-refractivity contribution in [3.63, 3.8) is 0 Å². The molecule has 0 bridgehead atoms. The van der Waals surface area contributed by atoms with Crippen molar-refractivity contribution in [3.8, 4) is 0 Å². The molecule has 2 N–H and O–H groups in total.